The highest BCUT2D eigenvalue weighted by molar-refractivity contribution is 4.96. The lowest BCUT2D eigenvalue weighted by atomic mass is 9.86. The van der Waals surface area contributed by atoms with Crippen LogP contribution in [0.15, 0.2) is 0 Å². The van der Waals surface area contributed by atoms with Gasteiger partial charge in [-0.3, -0.25) is 4.90 Å². The molecule has 2 nitrogen and oxygen atoms in total. The Bertz CT molecular complexity index is 260. The van der Waals surface area contributed by atoms with E-state index >= 15 is 0 Å². The molecule has 1 N–H and O–H groups in total. The van der Waals surface area contributed by atoms with Crippen LogP contribution in [0.3, 0.4) is 0 Å². The third-order valence-corrected chi connectivity index (χ3v) is 5.12. The molecule has 1 aliphatic rings. The third-order valence-electron chi connectivity index (χ3n) is 5.12. The minimum absolute atomic E-state index is 0.331. The predicted molar refractivity (Wildman–Crippen MR) is 85.6 cm³/mol. The summed E-state index contributed by atoms with van der Waals surface area (Å²) in [6, 6.07) is 1.35. The molecule has 1 saturated heterocycles. The van der Waals surface area contributed by atoms with Crippen LogP contribution in [0.5, 0.6) is 0 Å². The summed E-state index contributed by atoms with van der Waals surface area (Å²) in [6.07, 6.45) is 3.84. The molecule has 0 aromatic rings. The van der Waals surface area contributed by atoms with Crippen molar-refractivity contribution in [2.45, 2.75) is 85.4 Å². The number of nitrogens with one attached hydrogen (secondary N) is 1. The first-order chi connectivity index (χ1) is 8.83. The van der Waals surface area contributed by atoms with E-state index in [1.54, 1.807) is 0 Å². The molecule has 3 unspecified atom stereocenters. The fourth-order valence-corrected chi connectivity index (χ4v) is 3.51. The van der Waals surface area contributed by atoms with E-state index < -0.39 is 0 Å². The van der Waals surface area contributed by atoms with Gasteiger partial charge in [0.1, 0.15) is 0 Å². The fraction of sp³-hybridized carbons (Fsp3) is 1.00. The van der Waals surface area contributed by atoms with Crippen molar-refractivity contribution >= 4 is 0 Å². The molecular formula is C17H36N2. The first-order valence-electron chi connectivity index (χ1n) is 8.33. The van der Waals surface area contributed by atoms with E-state index in [0.29, 0.717) is 17.6 Å². The Morgan fingerprint density at radius 1 is 1.21 bits per heavy atom. The quantitative estimate of drug-likeness (QED) is 0.786. The van der Waals surface area contributed by atoms with Crippen molar-refractivity contribution in [1.29, 1.82) is 0 Å². The third kappa shape index (κ3) is 4.19. The molecule has 114 valence electrons. The van der Waals surface area contributed by atoms with Crippen molar-refractivity contribution in [3.05, 3.63) is 0 Å². The zero-order chi connectivity index (χ0) is 14.6. The van der Waals surface area contributed by atoms with Crippen LogP contribution in [0.1, 0.15) is 67.7 Å². The first kappa shape index (κ1) is 17.0. The Balaban J connectivity index is 2.84. The maximum absolute atomic E-state index is 3.80. The van der Waals surface area contributed by atoms with Crippen LogP contribution in [0.2, 0.25) is 0 Å². The van der Waals surface area contributed by atoms with E-state index in [1.807, 2.05) is 0 Å². The summed E-state index contributed by atoms with van der Waals surface area (Å²) >= 11 is 0. The summed E-state index contributed by atoms with van der Waals surface area (Å²) in [5.41, 5.74) is 0.331. The molecule has 1 heterocycles. The first-order valence-corrected chi connectivity index (χ1v) is 8.33. The minimum atomic E-state index is 0.331. The average molecular weight is 268 g/mol. The van der Waals surface area contributed by atoms with Crippen molar-refractivity contribution in [2.75, 3.05) is 13.1 Å². The predicted octanol–water partition coefficient (Wildman–Crippen LogP) is 3.91. The van der Waals surface area contributed by atoms with E-state index in [9.17, 15) is 0 Å². The summed E-state index contributed by atoms with van der Waals surface area (Å²) in [5, 5.41) is 3.80. The molecule has 0 saturated carbocycles. The highest BCUT2D eigenvalue weighted by Crippen LogP contribution is 2.30. The average Bonchev–Trinajstić information content (AvgIpc) is 2.36. The SMILES string of the molecule is CCCC(C)(C)N1CC(C(C)CC)NCC1C(C)C. The number of piperazine rings is 1. The van der Waals surface area contributed by atoms with Gasteiger partial charge in [0.15, 0.2) is 0 Å². The highest BCUT2D eigenvalue weighted by atomic mass is 15.3. The van der Waals surface area contributed by atoms with Gasteiger partial charge < -0.3 is 5.32 Å². The molecule has 1 fully saturated rings. The minimum Gasteiger partial charge on any atom is -0.311 e. The Morgan fingerprint density at radius 2 is 1.84 bits per heavy atom. The van der Waals surface area contributed by atoms with Gasteiger partial charge in [0.25, 0.3) is 0 Å². The van der Waals surface area contributed by atoms with Gasteiger partial charge in [0.05, 0.1) is 0 Å². The monoisotopic (exact) mass is 268 g/mol. The van der Waals surface area contributed by atoms with Crippen LogP contribution in [-0.4, -0.2) is 35.6 Å². The summed E-state index contributed by atoms with van der Waals surface area (Å²) < 4.78 is 0. The topological polar surface area (TPSA) is 15.3 Å². The van der Waals surface area contributed by atoms with Gasteiger partial charge in [-0.15, -0.1) is 0 Å². The molecule has 2 heteroatoms. The zero-order valence-electron chi connectivity index (χ0n) is 14.3. The molecule has 1 aliphatic heterocycles. The summed E-state index contributed by atoms with van der Waals surface area (Å²) in [4.78, 5) is 2.80. The molecule has 19 heavy (non-hydrogen) atoms. The maximum atomic E-state index is 3.80. The standard InChI is InChI=1S/C17H36N2/c1-8-10-17(6,7)19-12-15(14(5)9-2)18-11-16(19)13(3)4/h13-16,18H,8-12H2,1-7H3. The second-order valence-electron chi connectivity index (χ2n) is 7.43. The van der Waals surface area contributed by atoms with Crippen molar-refractivity contribution < 1.29 is 0 Å². The molecule has 3 atom stereocenters. The van der Waals surface area contributed by atoms with E-state index in [-0.39, 0.29) is 0 Å². The van der Waals surface area contributed by atoms with Gasteiger partial charge >= 0.3 is 0 Å². The number of rotatable bonds is 6. The Labute approximate surface area is 121 Å². The lowest BCUT2D eigenvalue weighted by molar-refractivity contribution is -0.00360. The van der Waals surface area contributed by atoms with Crippen molar-refractivity contribution in [3.63, 3.8) is 0 Å². The van der Waals surface area contributed by atoms with Crippen LogP contribution < -0.4 is 5.32 Å². The van der Waals surface area contributed by atoms with Crippen LogP contribution in [0.4, 0.5) is 0 Å². The summed E-state index contributed by atoms with van der Waals surface area (Å²) in [7, 11) is 0. The van der Waals surface area contributed by atoms with E-state index in [2.05, 4.69) is 58.7 Å². The Kier molecular flexibility index (Phi) is 6.32. The number of hydrogen-bond donors (Lipinski definition) is 1. The summed E-state index contributed by atoms with van der Waals surface area (Å²) in [5.74, 6) is 1.49. The maximum Gasteiger partial charge on any atom is 0.0249 e. The molecule has 0 radical (unpaired) electrons. The van der Waals surface area contributed by atoms with E-state index in [1.165, 1.54) is 25.8 Å². The molecule has 0 aromatic heterocycles. The van der Waals surface area contributed by atoms with Gasteiger partial charge in [-0.05, 0) is 32.1 Å². The van der Waals surface area contributed by atoms with Crippen LogP contribution in [0, 0.1) is 11.8 Å². The van der Waals surface area contributed by atoms with Crippen LogP contribution >= 0.6 is 0 Å². The Morgan fingerprint density at radius 3 is 2.32 bits per heavy atom. The molecule has 0 bridgehead atoms. The normalized spacial score (nSPS) is 27.8. The molecule has 1 rings (SSSR count). The van der Waals surface area contributed by atoms with Gasteiger partial charge in [-0.2, -0.15) is 0 Å². The highest BCUT2D eigenvalue weighted by Gasteiger charge is 2.38. The lowest BCUT2D eigenvalue weighted by Gasteiger charge is -2.51. The van der Waals surface area contributed by atoms with Gasteiger partial charge in [0.2, 0.25) is 0 Å². The Hall–Kier alpha value is -0.0800. The van der Waals surface area contributed by atoms with Crippen LogP contribution in [-0.2, 0) is 0 Å². The molecule has 0 spiro atoms. The fourth-order valence-electron chi connectivity index (χ4n) is 3.51. The zero-order valence-corrected chi connectivity index (χ0v) is 14.3. The van der Waals surface area contributed by atoms with Gasteiger partial charge in [-0.1, -0.05) is 47.5 Å². The van der Waals surface area contributed by atoms with Gasteiger partial charge in [0, 0.05) is 30.7 Å². The molecular weight excluding hydrogens is 232 g/mol. The van der Waals surface area contributed by atoms with Crippen molar-refractivity contribution in [3.8, 4) is 0 Å². The smallest absolute Gasteiger partial charge is 0.0249 e. The largest absolute Gasteiger partial charge is 0.311 e. The van der Waals surface area contributed by atoms with Crippen LogP contribution in [0.25, 0.3) is 0 Å². The van der Waals surface area contributed by atoms with Gasteiger partial charge in [-0.25, -0.2) is 0 Å². The van der Waals surface area contributed by atoms with Crippen molar-refractivity contribution in [1.82, 2.24) is 10.2 Å². The molecule has 0 aromatic carbocycles. The van der Waals surface area contributed by atoms with Crippen molar-refractivity contribution in [2.24, 2.45) is 11.8 Å². The second-order valence-corrected chi connectivity index (χ2v) is 7.43. The number of nitrogens with zero attached hydrogens (tertiary/aromatic N) is 1. The number of hydrogen-bond acceptors (Lipinski definition) is 2. The summed E-state index contributed by atoms with van der Waals surface area (Å²) in [6.45, 7) is 19.0. The van der Waals surface area contributed by atoms with E-state index in [4.69, 9.17) is 0 Å². The lowest BCUT2D eigenvalue weighted by Crippen LogP contribution is -2.65. The second kappa shape index (κ2) is 7.08. The van der Waals surface area contributed by atoms with E-state index in [0.717, 1.165) is 18.4 Å². The molecule has 0 aliphatic carbocycles. The molecule has 0 amide bonds.